The first-order valence-corrected chi connectivity index (χ1v) is 8.09. The van der Waals surface area contributed by atoms with Gasteiger partial charge in [0, 0.05) is 30.1 Å². The number of carbonyl (C=O) groups is 2. The van der Waals surface area contributed by atoms with Crippen LogP contribution in [-0.2, 0) is 4.79 Å². The maximum absolute atomic E-state index is 12.4. The lowest BCUT2D eigenvalue weighted by Crippen LogP contribution is -2.49. The van der Waals surface area contributed by atoms with Crippen LogP contribution in [0, 0.1) is 5.41 Å². The number of amides is 2. The van der Waals surface area contributed by atoms with E-state index >= 15 is 0 Å². The fraction of sp³-hybridized carbons (Fsp3) is 0.556. The molecule has 2 rings (SSSR count). The summed E-state index contributed by atoms with van der Waals surface area (Å²) in [4.78, 5) is 26.5. The number of benzene rings is 1. The van der Waals surface area contributed by atoms with E-state index in [4.69, 9.17) is 0 Å². The Kier molecular flexibility index (Phi) is 5.22. The molecule has 0 aliphatic carbocycles. The van der Waals surface area contributed by atoms with Gasteiger partial charge in [-0.25, -0.2) is 0 Å². The first-order valence-electron chi connectivity index (χ1n) is 8.09. The lowest BCUT2D eigenvalue weighted by molar-refractivity contribution is -0.130. The van der Waals surface area contributed by atoms with Crippen LogP contribution in [0.4, 0.5) is 0 Å². The van der Waals surface area contributed by atoms with Gasteiger partial charge in [0.2, 0.25) is 5.91 Å². The van der Waals surface area contributed by atoms with Crippen LogP contribution in [-0.4, -0.2) is 35.8 Å². The summed E-state index contributed by atoms with van der Waals surface area (Å²) in [5.41, 5.74) is 0.411. The van der Waals surface area contributed by atoms with E-state index in [1.54, 1.807) is 0 Å². The number of likely N-dealkylation sites (tertiary alicyclic amines) is 1. The van der Waals surface area contributed by atoms with E-state index in [-0.39, 0.29) is 23.3 Å². The molecule has 4 heteroatoms. The van der Waals surface area contributed by atoms with Crippen molar-refractivity contribution in [3.63, 3.8) is 0 Å². The summed E-state index contributed by atoms with van der Waals surface area (Å²) in [5, 5.41) is 3.13. The van der Waals surface area contributed by atoms with E-state index in [1.807, 2.05) is 56.0 Å². The average molecular weight is 302 g/mol. The molecule has 0 unspecified atom stereocenters. The lowest BCUT2D eigenvalue weighted by atomic mass is 9.88. The largest absolute Gasteiger partial charge is 0.353 e. The predicted octanol–water partition coefficient (Wildman–Crippen LogP) is 2.84. The van der Waals surface area contributed by atoms with Crippen molar-refractivity contribution in [2.24, 2.45) is 5.41 Å². The SMILES string of the molecule is CCC(C)(C)C(=O)NC1CCN(C(=O)c2ccccc2)CC1. The highest BCUT2D eigenvalue weighted by Crippen LogP contribution is 2.21. The van der Waals surface area contributed by atoms with Gasteiger partial charge in [-0.15, -0.1) is 0 Å². The Labute approximate surface area is 132 Å². The molecular formula is C18H26N2O2. The van der Waals surface area contributed by atoms with Crippen molar-refractivity contribution >= 4 is 11.8 Å². The summed E-state index contributed by atoms with van der Waals surface area (Å²) in [6.07, 6.45) is 2.47. The van der Waals surface area contributed by atoms with Crippen LogP contribution in [0.15, 0.2) is 30.3 Å². The van der Waals surface area contributed by atoms with Crippen molar-refractivity contribution in [1.29, 1.82) is 0 Å². The van der Waals surface area contributed by atoms with Gasteiger partial charge in [0.25, 0.3) is 5.91 Å². The summed E-state index contributed by atoms with van der Waals surface area (Å²) in [6.45, 7) is 7.37. The van der Waals surface area contributed by atoms with Crippen molar-refractivity contribution < 1.29 is 9.59 Å². The number of nitrogens with zero attached hydrogens (tertiary/aromatic N) is 1. The lowest BCUT2D eigenvalue weighted by Gasteiger charge is -2.34. The zero-order chi connectivity index (χ0) is 16.2. The minimum Gasteiger partial charge on any atom is -0.353 e. The second kappa shape index (κ2) is 6.95. The van der Waals surface area contributed by atoms with E-state index in [0.29, 0.717) is 13.1 Å². The van der Waals surface area contributed by atoms with E-state index in [0.717, 1.165) is 24.8 Å². The number of nitrogens with one attached hydrogen (secondary N) is 1. The van der Waals surface area contributed by atoms with Crippen molar-refractivity contribution in [2.75, 3.05) is 13.1 Å². The summed E-state index contributed by atoms with van der Waals surface area (Å²) in [5.74, 6) is 0.196. The summed E-state index contributed by atoms with van der Waals surface area (Å²) < 4.78 is 0. The Morgan fingerprint density at radius 3 is 2.32 bits per heavy atom. The standard InChI is InChI=1S/C18H26N2O2/c1-4-18(2,3)17(22)19-15-10-12-20(13-11-15)16(21)14-8-6-5-7-9-14/h5-9,15H,4,10-13H2,1-3H3,(H,19,22). The first-order chi connectivity index (χ1) is 10.4. The van der Waals surface area contributed by atoms with Crippen LogP contribution in [0.1, 0.15) is 50.4 Å². The van der Waals surface area contributed by atoms with Gasteiger partial charge in [-0.1, -0.05) is 39.0 Å². The normalized spacial score (nSPS) is 16.4. The second-order valence-electron chi connectivity index (χ2n) is 6.64. The molecule has 1 aliphatic heterocycles. The van der Waals surface area contributed by atoms with Crippen LogP contribution in [0.5, 0.6) is 0 Å². The minimum absolute atomic E-state index is 0.0827. The summed E-state index contributed by atoms with van der Waals surface area (Å²) in [6, 6.07) is 9.55. The molecule has 1 heterocycles. The number of carbonyl (C=O) groups excluding carboxylic acids is 2. The van der Waals surface area contributed by atoms with Gasteiger partial charge in [0.15, 0.2) is 0 Å². The number of hydrogen-bond donors (Lipinski definition) is 1. The van der Waals surface area contributed by atoms with Crippen molar-refractivity contribution in [2.45, 2.75) is 46.1 Å². The van der Waals surface area contributed by atoms with Gasteiger partial charge < -0.3 is 10.2 Å². The van der Waals surface area contributed by atoms with E-state index in [1.165, 1.54) is 0 Å². The molecular weight excluding hydrogens is 276 g/mol. The Morgan fingerprint density at radius 1 is 1.18 bits per heavy atom. The Balaban J connectivity index is 1.86. The quantitative estimate of drug-likeness (QED) is 0.930. The molecule has 1 aromatic carbocycles. The molecule has 1 fully saturated rings. The predicted molar refractivity (Wildman–Crippen MR) is 87.6 cm³/mol. The molecule has 0 aromatic heterocycles. The summed E-state index contributed by atoms with van der Waals surface area (Å²) in [7, 11) is 0. The van der Waals surface area contributed by atoms with Crippen LogP contribution in [0.3, 0.4) is 0 Å². The number of piperidine rings is 1. The van der Waals surface area contributed by atoms with Crippen molar-refractivity contribution in [3.8, 4) is 0 Å². The van der Waals surface area contributed by atoms with Crippen molar-refractivity contribution in [3.05, 3.63) is 35.9 Å². The molecule has 1 N–H and O–H groups in total. The maximum atomic E-state index is 12.4. The molecule has 0 spiro atoms. The van der Waals surface area contributed by atoms with Gasteiger partial charge >= 0.3 is 0 Å². The monoisotopic (exact) mass is 302 g/mol. The molecule has 2 amide bonds. The molecule has 0 atom stereocenters. The van der Waals surface area contributed by atoms with Crippen LogP contribution >= 0.6 is 0 Å². The fourth-order valence-corrected chi connectivity index (χ4v) is 2.53. The molecule has 0 saturated carbocycles. The Bertz CT molecular complexity index is 517. The van der Waals surface area contributed by atoms with Gasteiger partial charge in [0.1, 0.15) is 0 Å². The van der Waals surface area contributed by atoms with Crippen LogP contribution < -0.4 is 5.32 Å². The maximum Gasteiger partial charge on any atom is 0.253 e. The first kappa shape index (κ1) is 16.5. The molecule has 0 radical (unpaired) electrons. The third kappa shape index (κ3) is 3.87. The molecule has 4 nitrogen and oxygen atoms in total. The molecule has 1 saturated heterocycles. The van der Waals surface area contributed by atoms with Gasteiger partial charge in [-0.05, 0) is 31.4 Å². The van der Waals surface area contributed by atoms with Crippen LogP contribution in [0.2, 0.25) is 0 Å². The Morgan fingerprint density at radius 2 is 1.77 bits per heavy atom. The van der Waals surface area contributed by atoms with Crippen molar-refractivity contribution in [1.82, 2.24) is 10.2 Å². The van der Waals surface area contributed by atoms with Gasteiger partial charge in [0.05, 0.1) is 0 Å². The summed E-state index contributed by atoms with van der Waals surface area (Å²) >= 11 is 0. The highest BCUT2D eigenvalue weighted by molar-refractivity contribution is 5.94. The molecule has 22 heavy (non-hydrogen) atoms. The zero-order valence-electron chi connectivity index (χ0n) is 13.8. The highest BCUT2D eigenvalue weighted by Gasteiger charge is 2.29. The smallest absolute Gasteiger partial charge is 0.253 e. The van der Waals surface area contributed by atoms with E-state index in [9.17, 15) is 9.59 Å². The topological polar surface area (TPSA) is 49.4 Å². The highest BCUT2D eigenvalue weighted by atomic mass is 16.2. The fourth-order valence-electron chi connectivity index (χ4n) is 2.53. The van der Waals surface area contributed by atoms with Gasteiger partial charge in [-0.2, -0.15) is 0 Å². The second-order valence-corrected chi connectivity index (χ2v) is 6.64. The molecule has 0 bridgehead atoms. The molecule has 1 aliphatic rings. The number of rotatable bonds is 4. The third-order valence-electron chi connectivity index (χ3n) is 4.64. The zero-order valence-corrected chi connectivity index (χ0v) is 13.8. The van der Waals surface area contributed by atoms with E-state index in [2.05, 4.69) is 5.32 Å². The average Bonchev–Trinajstić information content (AvgIpc) is 2.55. The van der Waals surface area contributed by atoms with Crippen LogP contribution in [0.25, 0.3) is 0 Å². The minimum atomic E-state index is -0.322. The molecule has 1 aromatic rings. The molecule has 120 valence electrons. The Hall–Kier alpha value is -1.84. The third-order valence-corrected chi connectivity index (χ3v) is 4.64. The van der Waals surface area contributed by atoms with E-state index < -0.39 is 0 Å². The van der Waals surface area contributed by atoms with Gasteiger partial charge in [-0.3, -0.25) is 9.59 Å². The number of hydrogen-bond acceptors (Lipinski definition) is 2.